The number of benzene rings is 1. The van der Waals surface area contributed by atoms with Gasteiger partial charge in [-0.2, -0.15) is 13.2 Å². The maximum atomic E-state index is 13.7. The molecule has 222 valence electrons. The van der Waals surface area contributed by atoms with Crippen LogP contribution in [-0.4, -0.2) is 45.5 Å². The maximum Gasteiger partial charge on any atom is 0.417 e. The Morgan fingerprint density at radius 2 is 1.66 bits per heavy atom. The van der Waals surface area contributed by atoms with Crippen molar-refractivity contribution in [2.45, 2.75) is 81.4 Å². The van der Waals surface area contributed by atoms with Crippen LogP contribution in [0.5, 0.6) is 0 Å². The van der Waals surface area contributed by atoms with E-state index in [0.29, 0.717) is 24.9 Å². The highest BCUT2D eigenvalue weighted by Gasteiger charge is 2.63. The van der Waals surface area contributed by atoms with E-state index in [1.807, 2.05) is 0 Å². The number of halogens is 5. The van der Waals surface area contributed by atoms with E-state index in [1.54, 1.807) is 18.2 Å². The SMILES string of the molecule is CC(F)(F)c1ccc(C23CCC(CN(C(=O)C4CC(O)(C(F)(F)F)C4)c4cccc(NC(=O)O)c4)(CC2)CC3)nc1. The Balaban J connectivity index is 1.37. The lowest BCUT2D eigenvalue weighted by Gasteiger charge is -2.55. The maximum absolute atomic E-state index is 13.7. The van der Waals surface area contributed by atoms with Crippen molar-refractivity contribution in [1.82, 2.24) is 4.98 Å². The van der Waals surface area contributed by atoms with Gasteiger partial charge in [-0.1, -0.05) is 6.07 Å². The minimum absolute atomic E-state index is 0.152. The van der Waals surface area contributed by atoms with E-state index in [0.717, 1.165) is 31.9 Å². The lowest BCUT2D eigenvalue weighted by molar-refractivity contribution is -0.295. The van der Waals surface area contributed by atoms with Crippen molar-refractivity contribution in [3.8, 4) is 0 Å². The second-order valence-electron chi connectivity index (χ2n) is 12.1. The van der Waals surface area contributed by atoms with Crippen LogP contribution in [0.1, 0.15) is 69.5 Å². The number of nitrogens with one attached hydrogen (secondary N) is 1. The van der Waals surface area contributed by atoms with Crippen LogP contribution in [0, 0.1) is 11.3 Å². The number of hydrogen-bond acceptors (Lipinski definition) is 4. The molecule has 0 atom stereocenters. The second-order valence-corrected chi connectivity index (χ2v) is 12.1. The zero-order valence-corrected chi connectivity index (χ0v) is 22.5. The molecule has 2 bridgehead atoms. The summed E-state index contributed by atoms with van der Waals surface area (Å²) < 4.78 is 67.2. The Labute approximate surface area is 233 Å². The van der Waals surface area contributed by atoms with Gasteiger partial charge >= 0.3 is 12.3 Å². The van der Waals surface area contributed by atoms with Gasteiger partial charge in [0.25, 0.3) is 5.92 Å². The van der Waals surface area contributed by atoms with Gasteiger partial charge in [-0.05, 0) is 87.1 Å². The van der Waals surface area contributed by atoms with Gasteiger partial charge in [-0.3, -0.25) is 15.1 Å². The molecule has 6 rings (SSSR count). The number of amides is 2. The predicted octanol–water partition coefficient (Wildman–Crippen LogP) is 6.61. The van der Waals surface area contributed by atoms with Crippen molar-refractivity contribution in [3.63, 3.8) is 0 Å². The van der Waals surface area contributed by atoms with Gasteiger partial charge in [-0.25, -0.2) is 13.6 Å². The summed E-state index contributed by atoms with van der Waals surface area (Å²) in [5, 5.41) is 21.3. The quantitative estimate of drug-likeness (QED) is 0.319. The number of alkyl halides is 5. The second kappa shape index (κ2) is 9.92. The minimum atomic E-state index is -4.84. The van der Waals surface area contributed by atoms with Crippen molar-refractivity contribution in [3.05, 3.63) is 53.9 Å². The largest absolute Gasteiger partial charge is 0.465 e. The molecule has 1 heterocycles. The van der Waals surface area contributed by atoms with E-state index < -0.39 is 48.5 Å². The molecule has 1 aromatic carbocycles. The van der Waals surface area contributed by atoms with Gasteiger partial charge in [0, 0.05) is 53.6 Å². The molecule has 4 fully saturated rings. The third-order valence-corrected chi connectivity index (χ3v) is 9.43. The third-order valence-electron chi connectivity index (χ3n) is 9.43. The molecule has 4 saturated carbocycles. The fraction of sp³-hybridized carbons (Fsp3) is 0.552. The van der Waals surface area contributed by atoms with Crippen LogP contribution < -0.4 is 10.2 Å². The van der Waals surface area contributed by atoms with Crippen molar-refractivity contribution < 1.29 is 41.8 Å². The average molecular weight is 582 g/mol. The van der Waals surface area contributed by atoms with Crippen LogP contribution in [0.25, 0.3) is 0 Å². The molecular formula is C29H32F5N3O4. The summed E-state index contributed by atoms with van der Waals surface area (Å²) in [5.74, 6) is -4.55. The topological polar surface area (TPSA) is 103 Å². The van der Waals surface area contributed by atoms with Crippen molar-refractivity contribution >= 4 is 23.4 Å². The fourth-order valence-electron chi connectivity index (χ4n) is 6.74. The molecule has 0 aliphatic heterocycles. The first-order chi connectivity index (χ1) is 19.0. The zero-order valence-electron chi connectivity index (χ0n) is 22.5. The predicted molar refractivity (Wildman–Crippen MR) is 140 cm³/mol. The van der Waals surface area contributed by atoms with Crippen LogP contribution in [0.4, 0.5) is 38.1 Å². The molecule has 3 N–H and O–H groups in total. The highest BCUT2D eigenvalue weighted by Crippen LogP contribution is 2.58. The Hall–Kier alpha value is -3.28. The molecule has 4 aliphatic rings. The van der Waals surface area contributed by atoms with E-state index in [2.05, 4.69) is 10.3 Å². The zero-order chi connectivity index (χ0) is 29.8. The smallest absolute Gasteiger partial charge is 0.417 e. The van der Waals surface area contributed by atoms with Gasteiger partial charge in [-0.15, -0.1) is 0 Å². The van der Waals surface area contributed by atoms with Crippen LogP contribution in [-0.2, 0) is 16.1 Å². The molecule has 12 heteroatoms. The highest BCUT2D eigenvalue weighted by molar-refractivity contribution is 5.97. The number of hydrogen-bond donors (Lipinski definition) is 3. The van der Waals surface area contributed by atoms with E-state index in [1.165, 1.54) is 29.3 Å². The first-order valence-corrected chi connectivity index (χ1v) is 13.6. The van der Waals surface area contributed by atoms with Gasteiger partial charge in [0.2, 0.25) is 5.91 Å². The Morgan fingerprint density at radius 1 is 1.02 bits per heavy atom. The number of nitrogens with zero attached hydrogens (tertiary/aromatic N) is 2. The van der Waals surface area contributed by atoms with Gasteiger partial charge in [0.1, 0.15) is 0 Å². The average Bonchev–Trinajstić information content (AvgIpc) is 2.89. The van der Waals surface area contributed by atoms with Gasteiger partial charge in [0.15, 0.2) is 5.60 Å². The Morgan fingerprint density at radius 3 is 2.17 bits per heavy atom. The van der Waals surface area contributed by atoms with E-state index in [9.17, 15) is 36.6 Å². The Bertz CT molecular complexity index is 1290. The molecule has 0 saturated heterocycles. The summed E-state index contributed by atoms with van der Waals surface area (Å²) in [5.41, 5.74) is -2.30. The van der Waals surface area contributed by atoms with Gasteiger partial charge < -0.3 is 15.1 Å². The number of aliphatic hydroxyl groups is 1. The van der Waals surface area contributed by atoms with Crippen molar-refractivity contribution in [2.75, 3.05) is 16.8 Å². The van der Waals surface area contributed by atoms with Crippen LogP contribution in [0.15, 0.2) is 42.6 Å². The number of carboxylic acid groups (broad SMARTS) is 1. The number of pyridine rings is 1. The van der Waals surface area contributed by atoms with E-state index in [-0.39, 0.29) is 28.6 Å². The molecule has 0 unspecified atom stereocenters. The van der Waals surface area contributed by atoms with Crippen LogP contribution >= 0.6 is 0 Å². The minimum Gasteiger partial charge on any atom is -0.465 e. The summed E-state index contributed by atoms with van der Waals surface area (Å²) in [6, 6.07) is 9.23. The normalized spacial score (nSPS) is 29.5. The van der Waals surface area contributed by atoms with E-state index in [4.69, 9.17) is 5.11 Å². The number of aromatic nitrogens is 1. The summed E-state index contributed by atoms with van der Waals surface area (Å²) in [6.07, 6.45) is -2.09. The number of rotatable bonds is 7. The standard InChI is InChI=1S/C29H32F5N3O4/c1-25(30,31)19-5-6-22(35-16-19)27-10-7-26(8-11-27,9-12-27)17-37(21-4-2-3-20(13-21)36-24(39)40)23(38)18-14-28(41,15-18)29(32,33)34/h2-6,13,16,18,36,41H,7-12,14-15,17H2,1H3,(H,39,40). The van der Waals surface area contributed by atoms with Crippen molar-refractivity contribution in [1.29, 1.82) is 0 Å². The molecule has 41 heavy (non-hydrogen) atoms. The monoisotopic (exact) mass is 581 g/mol. The highest BCUT2D eigenvalue weighted by atomic mass is 19.4. The lowest BCUT2D eigenvalue weighted by atomic mass is 9.52. The van der Waals surface area contributed by atoms with E-state index >= 15 is 0 Å². The fourth-order valence-corrected chi connectivity index (χ4v) is 6.74. The molecular weight excluding hydrogens is 549 g/mol. The van der Waals surface area contributed by atoms with Crippen molar-refractivity contribution in [2.24, 2.45) is 11.3 Å². The summed E-state index contributed by atoms with van der Waals surface area (Å²) in [7, 11) is 0. The number of fused-ring (bicyclic) bond motifs is 3. The van der Waals surface area contributed by atoms with Gasteiger partial charge in [0.05, 0.1) is 0 Å². The molecule has 0 spiro atoms. The molecule has 2 aromatic rings. The molecule has 0 radical (unpaired) electrons. The summed E-state index contributed by atoms with van der Waals surface area (Å²) in [6.45, 7) is 1.05. The number of carbonyl (C=O) groups is 2. The Kier molecular flexibility index (Phi) is 7.07. The first kappa shape index (κ1) is 29.2. The third kappa shape index (κ3) is 5.50. The number of anilines is 2. The molecule has 7 nitrogen and oxygen atoms in total. The molecule has 2 amide bonds. The van der Waals surface area contributed by atoms with Crippen LogP contribution in [0.3, 0.4) is 0 Å². The lowest BCUT2D eigenvalue weighted by Crippen LogP contribution is -2.60. The van der Waals surface area contributed by atoms with Crippen LogP contribution in [0.2, 0.25) is 0 Å². The molecule has 4 aliphatic carbocycles. The summed E-state index contributed by atoms with van der Waals surface area (Å²) in [4.78, 5) is 30.7. The first-order valence-electron chi connectivity index (χ1n) is 13.6. The number of carbonyl (C=O) groups excluding carboxylic acids is 1. The summed E-state index contributed by atoms with van der Waals surface area (Å²) >= 11 is 0. The molecule has 1 aromatic heterocycles.